The maximum atomic E-state index is 3.62. The Labute approximate surface area is 104 Å². The number of H-pyrrole nitrogens is 1. The van der Waals surface area contributed by atoms with Gasteiger partial charge in [0, 0.05) is 15.6 Å². The average Bonchev–Trinajstić information content (AvgIpc) is 2.57. The Hall–Kier alpha value is -0.760. The van der Waals surface area contributed by atoms with Crippen LogP contribution in [0.2, 0.25) is 0 Å². The number of rotatable bonds is 0. The highest BCUT2D eigenvalue weighted by Gasteiger charge is 2.28. The minimum atomic E-state index is 0.449. The third-order valence-electron chi connectivity index (χ3n) is 3.69. The minimum Gasteiger partial charge on any atom is -0.357 e. The molecule has 0 spiro atoms. The molecule has 0 fully saturated rings. The molecule has 1 N–H and O–H groups in total. The molecule has 16 heavy (non-hydrogen) atoms. The standard InChI is InChI=1S/C14H16BrN/c1-14(2)7-6-12-10(8-14)9-4-3-5-11(15)13(9)16-12/h3-5,16H,6-8H2,1-2H3. The van der Waals surface area contributed by atoms with E-state index in [-0.39, 0.29) is 0 Å². The van der Waals surface area contributed by atoms with Crippen LogP contribution in [0.5, 0.6) is 0 Å². The number of aromatic nitrogens is 1. The molecule has 1 aliphatic rings. The van der Waals surface area contributed by atoms with Crippen molar-refractivity contribution in [1.82, 2.24) is 4.98 Å². The summed E-state index contributed by atoms with van der Waals surface area (Å²) in [4.78, 5) is 3.58. The maximum absolute atomic E-state index is 3.62. The molecule has 0 amide bonds. The van der Waals surface area contributed by atoms with Gasteiger partial charge in [0.2, 0.25) is 0 Å². The van der Waals surface area contributed by atoms with Gasteiger partial charge in [0.05, 0.1) is 5.52 Å². The topological polar surface area (TPSA) is 15.8 Å². The van der Waals surface area contributed by atoms with Gasteiger partial charge in [-0.2, -0.15) is 0 Å². The summed E-state index contributed by atoms with van der Waals surface area (Å²) in [6, 6.07) is 6.47. The zero-order valence-corrected chi connectivity index (χ0v) is 11.3. The summed E-state index contributed by atoms with van der Waals surface area (Å²) in [5.74, 6) is 0. The van der Waals surface area contributed by atoms with Crippen LogP contribution in [0.15, 0.2) is 22.7 Å². The molecule has 0 saturated heterocycles. The van der Waals surface area contributed by atoms with Gasteiger partial charge < -0.3 is 4.98 Å². The second-order valence-electron chi connectivity index (χ2n) is 5.59. The zero-order chi connectivity index (χ0) is 11.3. The van der Waals surface area contributed by atoms with Gasteiger partial charge >= 0.3 is 0 Å². The van der Waals surface area contributed by atoms with Crippen molar-refractivity contribution in [3.8, 4) is 0 Å². The molecule has 1 nitrogen and oxygen atoms in total. The summed E-state index contributed by atoms with van der Waals surface area (Å²) in [6.07, 6.45) is 3.66. The fourth-order valence-electron chi connectivity index (χ4n) is 2.74. The van der Waals surface area contributed by atoms with Gasteiger partial charge in [-0.15, -0.1) is 0 Å². The molecule has 0 atom stereocenters. The number of hydrogen-bond donors (Lipinski definition) is 1. The summed E-state index contributed by atoms with van der Waals surface area (Å²) in [5, 5.41) is 1.40. The lowest BCUT2D eigenvalue weighted by molar-refractivity contribution is 0.315. The fourth-order valence-corrected chi connectivity index (χ4v) is 3.20. The van der Waals surface area contributed by atoms with E-state index in [4.69, 9.17) is 0 Å². The Kier molecular flexibility index (Phi) is 2.19. The minimum absolute atomic E-state index is 0.449. The molecule has 3 rings (SSSR count). The van der Waals surface area contributed by atoms with Gasteiger partial charge in [0.25, 0.3) is 0 Å². The normalized spacial score (nSPS) is 18.7. The summed E-state index contributed by atoms with van der Waals surface area (Å²) in [6.45, 7) is 4.74. The van der Waals surface area contributed by atoms with Gasteiger partial charge in [-0.1, -0.05) is 26.0 Å². The Bertz CT molecular complexity index is 551. The van der Waals surface area contributed by atoms with Gasteiger partial charge in [-0.05, 0) is 52.2 Å². The Morgan fingerprint density at radius 2 is 2.12 bits per heavy atom. The quantitative estimate of drug-likeness (QED) is 0.733. The van der Waals surface area contributed by atoms with E-state index in [0.29, 0.717) is 5.41 Å². The number of nitrogens with one attached hydrogen (secondary N) is 1. The van der Waals surface area contributed by atoms with E-state index in [1.807, 2.05) is 0 Å². The lowest BCUT2D eigenvalue weighted by Crippen LogP contribution is -2.21. The largest absolute Gasteiger partial charge is 0.357 e. The molecule has 1 aromatic carbocycles. The van der Waals surface area contributed by atoms with E-state index in [1.54, 1.807) is 0 Å². The van der Waals surface area contributed by atoms with Crippen molar-refractivity contribution in [3.05, 3.63) is 33.9 Å². The van der Waals surface area contributed by atoms with Crippen molar-refractivity contribution in [2.75, 3.05) is 0 Å². The van der Waals surface area contributed by atoms with Gasteiger partial charge in [0.15, 0.2) is 0 Å². The predicted molar refractivity (Wildman–Crippen MR) is 71.8 cm³/mol. The smallest absolute Gasteiger partial charge is 0.0603 e. The first kappa shape index (κ1) is 10.4. The molecule has 0 radical (unpaired) electrons. The van der Waals surface area contributed by atoms with Gasteiger partial charge in [0.1, 0.15) is 0 Å². The van der Waals surface area contributed by atoms with Crippen molar-refractivity contribution in [2.45, 2.75) is 33.1 Å². The first-order valence-corrected chi connectivity index (χ1v) is 6.64. The molecular weight excluding hydrogens is 262 g/mol. The first-order valence-electron chi connectivity index (χ1n) is 5.85. The van der Waals surface area contributed by atoms with Crippen molar-refractivity contribution in [3.63, 3.8) is 0 Å². The molecule has 0 bridgehead atoms. The van der Waals surface area contributed by atoms with Crippen molar-refractivity contribution in [1.29, 1.82) is 0 Å². The van der Waals surface area contributed by atoms with Crippen LogP contribution in [0.1, 0.15) is 31.5 Å². The first-order chi connectivity index (χ1) is 7.57. The second kappa shape index (κ2) is 3.36. The third-order valence-corrected chi connectivity index (χ3v) is 4.35. The van der Waals surface area contributed by atoms with Crippen LogP contribution < -0.4 is 0 Å². The highest BCUT2D eigenvalue weighted by molar-refractivity contribution is 9.10. The second-order valence-corrected chi connectivity index (χ2v) is 6.44. The molecule has 2 heteroatoms. The molecule has 0 aliphatic heterocycles. The van der Waals surface area contributed by atoms with E-state index in [2.05, 4.69) is 53.0 Å². The summed E-state index contributed by atoms with van der Waals surface area (Å²) >= 11 is 3.62. The number of halogens is 1. The average molecular weight is 278 g/mol. The lowest BCUT2D eigenvalue weighted by Gasteiger charge is -2.29. The molecule has 1 aliphatic carbocycles. The van der Waals surface area contributed by atoms with E-state index in [9.17, 15) is 0 Å². The Morgan fingerprint density at radius 3 is 2.94 bits per heavy atom. The SMILES string of the molecule is CC1(C)CCc2[nH]c3c(Br)cccc3c2C1. The van der Waals surface area contributed by atoms with Crippen molar-refractivity contribution in [2.24, 2.45) is 5.41 Å². The lowest BCUT2D eigenvalue weighted by atomic mass is 9.76. The third kappa shape index (κ3) is 1.51. The van der Waals surface area contributed by atoms with Crippen LogP contribution >= 0.6 is 15.9 Å². The van der Waals surface area contributed by atoms with Gasteiger partial charge in [-0.25, -0.2) is 0 Å². The van der Waals surface area contributed by atoms with Crippen molar-refractivity contribution >= 4 is 26.8 Å². The number of benzene rings is 1. The van der Waals surface area contributed by atoms with Crippen LogP contribution in [-0.4, -0.2) is 4.98 Å². The Morgan fingerprint density at radius 1 is 1.31 bits per heavy atom. The summed E-state index contributed by atoms with van der Waals surface area (Å²) in [7, 11) is 0. The van der Waals surface area contributed by atoms with E-state index in [1.165, 1.54) is 45.9 Å². The van der Waals surface area contributed by atoms with E-state index >= 15 is 0 Å². The number of aromatic amines is 1. The van der Waals surface area contributed by atoms with E-state index in [0.717, 1.165) is 0 Å². The van der Waals surface area contributed by atoms with Gasteiger partial charge in [-0.3, -0.25) is 0 Å². The highest BCUT2D eigenvalue weighted by atomic mass is 79.9. The fraction of sp³-hybridized carbons (Fsp3) is 0.429. The van der Waals surface area contributed by atoms with Crippen LogP contribution in [0.25, 0.3) is 10.9 Å². The molecular formula is C14H16BrN. The van der Waals surface area contributed by atoms with Crippen LogP contribution in [0, 0.1) is 5.41 Å². The summed E-state index contributed by atoms with van der Waals surface area (Å²) < 4.78 is 1.18. The Balaban J connectivity index is 2.26. The predicted octanol–water partition coefficient (Wildman–Crippen LogP) is 4.45. The molecule has 1 heterocycles. The molecule has 1 aromatic heterocycles. The van der Waals surface area contributed by atoms with Crippen LogP contribution in [-0.2, 0) is 12.8 Å². The zero-order valence-electron chi connectivity index (χ0n) is 9.73. The number of fused-ring (bicyclic) bond motifs is 3. The van der Waals surface area contributed by atoms with Crippen molar-refractivity contribution < 1.29 is 0 Å². The van der Waals surface area contributed by atoms with E-state index < -0.39 is 0 Å². The molecule has 2 aromatic rings. The highest BCUT2D eigenvalue weighted by Crippen LogP contribution is 2.39. The molecule has 0 saturated carbocycles. The maximum Gasteiger partial charge on any atom is 0.0603 e. The summed E-state index contributed by atoms with van der Waals surface area (Å²) in [5.41, 5.74) is 4.70. The molecule has 0 unspecified atom stereocenters. The van der Waals surface area contributed by atoms with Crippen LogP contribution in [0.4, 0.5) is 0 Å². The number of hydrogen-bond acceptors (Lipinski definition) is 0. The monoisotopic (exact) mass is 277 g/mol. The number of aryl methyl sites for hydroxylation is 1. The molecule has 84 valence electrons. The number of para-hydroxylation sites is 1. The van der Waals surface area contributed by atoms with Crippen LogP contribution in [0.3, 0.4) is 0 Å².